The molecule has 2 amide bonds. The molecule has 1 aliphatic heterocycles. The van der Waals surface area contributed by atoms with Crippen molar-refractivity contribution in [1.29, 1.82) is 0 Å². The van der Waals surface area contributed by atoms with Crippen LogP contribution in [0, 0.1) is 0 Å². The van der Waals surface area contributed by atoms with Gasteiger partial charge in [0, 0.05) is 6.54 Å². The number of nitrogens with zero attached hydrogens (tertiary/aromatic N) is 1. The van der Waals surface area contributed by atoms with Crippen LogP contribution in [-0.4, -0.2) is 29.8 Å². The predicted molar refractivity (Wildman–Crippen MR) is 39.2 cm³/mol. The van der Waals surface area contributed by atoms with Crippen LogP contribution in [0.25, 0.3) is 0 Å². The Hall–Kier alpha value is -1.06. The zero-order valence-corrected chi connectivity index (χ0v) is 6.25. The van der Waals surface area contributed by atoms with E-state index in [1.165, 1.54) is 4.90 Å². The van der Waals surface area contributed by atoms with Crippen molar-refractivity contribution in [3.05, 3.63) is 0 Å². The molecule has 0 aromatic carbocycles. The van der Waals surface area contributed by atoms with E-state index >= 15 is 0 Å². The Morgan fingerprint density at radius 1 is 1.55 bits per heavy atom. The van der Waals surface area contributed by atoms with Crippen LogP contribution in [0.2, 0.25) is 0 Å². The molecule has 1 aliphatic rings. The molecule has 4 heteroatoms. The number of carbonyl (C=O) groups excluding carboxylic acids is 2. The molecule has 1 saturated heterocycles. The molecule has 11 heavy (non-hydrogen) atoms. The van der Waals surface area contributed by atoms with Crippen LogP contribution in [0.4, 0.5) is 0 Å². The molecule has 1 heterocycles. The number of piperidine rings is 1. The fourth-order valence-corrected chi connectivity index (χ4v) is 1.34. The molecule has 61 valence electrons. The molecule has 1 radical (unpaired) electrons. The summed E-state index contributed by atoms with van der Waals surface area (Å²) in [5.41, 5.74) is 5.07. The van der Waals surface area contributed by atoms with Crippen molar-refractivity contribution in [2.45, 2.75) is 25.3 Å². The van der Waals surface area contributed by atoms with Crippen molar-refractivity contribution in [2.24, 2.45) is 5.73 Å². The lowest BCUT2D eigenvalue weighted by atomic mass is 10.0. The van der Waals surface area contributed by atoms with Gasteiger partial charge >= 0.3 is 6.41 Å². The summed E-state index contributed by atoms with van der Waals surface area (Å²) in [6, 6.07) is -0.416. The van der Waals surface area contributed by atoms with Crippen LogP contribution >= 0.6 is 0 Å². The Bertz CT molecular complexity index is 170. The molecular formula is C7H11N2O2. The summed E-state index contributed by atoms with van der Waals surface area (Å²) < 4.78 is 0. The van der Waals surface area contributed by atoms with Gasteiger partial charge in [-0.2, -0.15) is 0 Å². The number of likely N-dealkylation sites (tertiary alicyclic amines) is 1. The van der Waals surface area contributed by atoms with E-state index in [-0.39, 0.29) is 0 Å². The average Bonchev–Trinajstić information content (AvgIpc) is 2.04. The molecule has 2 N–H and O–H groups in total. The zero-order valence-electron chi connectivity index (χ0n) is 6.25. The molecule has 0 bridgehead atoms. The summed E-state index contributed by atoms with van der Waals surface area (Å²) in [7, 11) is 0. The second-order valence-electron chi connectivity index (χ2n) is 2.70. The Labute approximate surface area is 65.3 Å². The summed E-state index contributed by atoms with van der Waals surface area (Å²) in [4.78, 5) is 22.3. The lowest BCUT2D eigenvalue weighted by molar-refractivity contribution is -0.122. The molecule has 0 saturated carbocycles. The average molecular weight is 155 g/mol. The summed E-state index contributed by atoms with van der Waals surface area (Å²) in [6.07, 6.45) is 4.31. The molecule has 0 aliphatic carbocycles. The first kappa shape index (κ1) is 8.04. The highest BCUT2D eigenvalue weighted by Crippen LogP contribution is 2.14. The van der Waals surface area contributed by atoms with Crippen LogP contribution in [0.5, 0.6) is 0 Å². The Morgan fingerprint density at radius 2 is 2.27 bits per heavy atom. The topological polar surface area (TPSA) is 63.4 Å². The molecule has 1 unspecified atom stereocenters. The van der Waals surface area contributed by atoms with Crippen LogP contribution in [0.1, 0.15) is 19.3 Å². The Balaban J connectivity index is 2.58. The summed E-state index contributed by atoms with van der Waals surface area (Å²) in [6.45, 7) is 0.608. The molecule has 0 aromatic heterocycles. The molecule has 1 atom stereocenters. The Kier molecular flexibility index (Phi) is 2.46. The quantitative estimate of drug-likeness (QED) is 0.578. The second-order valence-corrected chi connectivity index (χ2v) is 2.70. The third kappa shape index (κ3) is 1.69. The van der Waals surface area contributed by atoms with Gasteiger partial charge in [0.1, 0.15) is 6.04 Å². The smallest absolute Gasteiger partial charge is 0.312 e. The van der Waals surface area contributed by atoms with Gasteiger partial charge < -0.3 is 10.6 Å². The van der Waals surface area contributed by atoms with Crippen LogP contribution in [-0.2, 0) is 9.59 Å². The van der Waals surface area contributed by atoms with Gasteiger partial charge in [-0.1, -0.05) is 0 Å². The lowest BCUT2D eigenvalue weighted by Gasteiger charge is -2.29. The SMILES string of the molecule is NC(=O)C1CCCCN1[C]=O. The third-order valence-electron chi connectivity index (χ3n) is 1.95. The molecule has 4 nitrogen and oxygen atoms in total. The minimum atomic E-state index is -0.423. The molecule has 1 rings (SSSR count). The maximum Gasteiger partial charge on any atom is 0.312 e. The highest BCUT2D eigenvalue weighted by atomic mass is 16.2. The first-order chi connectivity index (χ1) is 5.25. The number of primary amides is 1. The number of rotatable bonds is 2. The van der Waals surface area contributed by atoms with Crippen molar-refractivity contribution in [3.8, 4) is 0 Å². The van der Waals surface area contributed by atoms with Gasteiger partial charge in [0.25, 0.3) is 0 Å². The van der Waals surface area contributed by atoms with E-state index in [4.69, 9.17) is 5.73 Å². The summed E-state index contributed by atoms with van der Waals surface area (Å²) in [5.74, 6) is -0.423. The van der Waals surface area contributed by atoms with E-state index in [0.717, 1.165) is 12.8 Å². The molecule has 0 spiro atoms. The zero-order chi connectivity index (χ0) is 8.27. The van der Waals surface area contributed by atoms with Crippen molar-refractivity contribution < 1.29 is 9.59 Å². The maximum absolute atomic E-state index is 10.7. The first-order valence-corrected chi connectivity index (χ1v) is 3.69. The lowest BCUT2D eigenvalue weighted by Crippen LogP contribution is -2.46. The monoisotopic (exact) mass is 155 g/mol. The second kappa shape index (κ2) is 3.37. The minimum absolute atomic E-state index is 0.416. The highest BCUT2D eigenvalue weighted by Gasteiger charge is 2.25. The molecule has 0 aromatic rings. The summed E-state index contributed by atoms with van der Waals surface area (Å²) in [5, 5.41) is 0. The van der Waals surface area contributed by atoms with Crippen molar-refractivity contribution >= 4 is 12.3 Å². The number of hydrogen-bond donors (Lipinski definition) is 1. The van der Waals surface area contributed by atoms with E-state index in [1.54, 1.807) is 6.41 Å². The van der Waals surface area contributed by atoms with Gasteiger partial charge in [0.05, 0.1) is 0 Å². The number of amides is 2. The standard InChI is InChI=1S/C7H11N2O2/c8-7(11)6-3-1-2-4-9(6)5-10/h6H,1-4H2,(H2,8,11). The van der Waals surface area contributed by atoms with Gasteiger partial charge in [-0.3, -0.25) is 9.59 Å². The fraction of sp³-hybridized carbons (Fsp3) is 0.714. The number of hydrogen-bond acceptors (Lipinski definition) is 2. The van der Waals surface area contributed by atoms with E-state index < -0.39 is 11.9 Å². The predicted octanol–water partition coefficient (Wildman–Crippen LogP) is -0.607. The minimum Gasteiger partial charge on any atom is -0.368 e. The van der Waals surface area contributed by atoms with E-state index in [1.807, 2.05) is 0 Å². The maximum atomic E-state index is 10.7. The van der Waals surface area contributed by atoms with Gasteiger partial charge in [0.15, 0.2) is 0 Å². The fourth-order valence-electron chi connectivity index (χ4n) is 1.34. The van der Waals surface area contributed by atoms with Gasteiger partial charge in [-0.25, -0.2) is 0 Å². The van der Waals surface area contributed by atoms with Gasteiger partial charge in [-0.05, 0) is 19.3 Å². The molecular weight excluding hydrogens is 144 g/mol. The van der Waals surface area contributed by atoms with E-state index in [9.17, 15) is 9.59 Å². The van der Waals surface area contributed by atoms with Crippen LogP contribution in [0.15, 0.2) is 0 Å². The number of nitrogens with two attached hydrogens (primary N) is 1. The van der Waals surface area contributed by atoms with E-state index in [2.05, 4.69) is 0 Å². The third-order valence-corrected chi connectivity index (χ3v) is 1.95. The number of carbonyl (C=O) groups is 1. The van der Waals surface area contributed by atoms with Gasteiger partial charge in [-0.15, -0.1) is 0 Å². The van der Waals surface area contributed by atoms with Crippen LogP contribution < -0.4 is 5.73 Å². The normalized spacial score (nSPS) is 24.7. The van der Waals surface area contributed by atoms with Crippen molar-refractivity contribution in [2.75, 3.05) is 6.54 Å². The van der Waals surface area contributed by atoms with Gasteiger partial charge in [0.2, 0.25) is 5.91 Å². The Morgan fingerprint density at radius 3 is 2.73 bits per heavy atom. The van der Waals surface area contributed by atoms with Crippen molar-refractivity contribution in [1.82, 2.24) is 4.90 Å². The highest BCUT2D eigenvalue weighted by molar-refractivity contribution is 5.82. The first-order valence-electron chi connectivity index (χ1n) is 3.69. The summed E-state index contributed by atoms with van der Waals surface area (Å²) >= 11 is 0. The largest absolute Gasteiger partial charge is 0.368 e. The van der Waals surface area contributed by atoms with Crippen molar-refractivity contribution in [3.63, 3.8) is 0 Å². The van der Waals surface area contributed by atoms with Crippen LogP contribution in [0.3, 0.4) is 0 Å². The van der Waals surface area contributed by atoms with E-state index in [0.29, 0.717) is 13.0 Å². The molecule has 1 fully saturated rings.